The maximum Gasteiger partial charge on any atom is 0.437 e. The maximum atomic E-state index is 17.0. The first kappa shape index (κ1) is 130. The molecule has 15 atom stereocenters. The Morgan fingerprint density at radius 1 is 0.416 bits per heavy atom. The van der Waals surface area contributed by atoms with E-state index in [2.05, 4.69) is 74.1 Å². The Balaban J connectivity index is 2.13. The minimum Gasteiger partial charge on any atom is -0.480 e. The van der Waals surface area contributed by atoms with Crippen molar-refractivity contribution in [3.05, 3.63) is 144 Å². The summed E-state index contributed by atoms with van der Waals surface area (Å²) < 4.78 is 43.2. The Hall–Kier alpha value is -11.8. The van der Waals surface area contributed by atoms with Crippen LogP contribution in [0.4, 0.5) is 14.4 Å². The standard InChI is InChI=1S/C108H173N15O24Si2/c1-34-67(10)80(93(133)118-81(92(132)111-61-78(124)125)68(11)146-148(30,31)106(24,25)26)117-87(127)73(56-47-57-110-98(121-100(139)144-104(18,19)20)122-101(140)145-105(21,22)23)112-88(128)74(58-63(2)3)114-94(134)82(85(66(8)9)147-149(32,33)107(27,28)29)120-95(135)83(119-90(130)75(59-64(4)5)113-89(129)76(60-65(6)7)116-99(138)143-103(15,16)17)86(69-48-39-35-40-49-69)142-97(137)77(62-141-102(12,13)14)115-91(131)79(109)84(126)96(136)123-108(70-50-41-36-42-51-70,71-52-43-37-44-53-71)72-54-45-38-46-55-72/h35-46,48-55,63-68,73-77,79-86,126H,34,47,56-62,109H2,1-33H3,(H,111,132)(H,112,128)(H,113,129)(H,114,134)(H,115,131)(H,116,138)(H,117,127)(H,118,133)(H,119,130)(H,120,135)(H,123,136)(H,124,125)(H2,110,121,122,139,140)/t67-,68-,73+,74-,75-,76+,77-,79-,80-,81-,82-,83-,84-,85+,86+/m0/s1. The molecule has 4 rings (SSSR count). The van der Waals surface area contributed by atoms with Crippen LogP contribution in [0.3, 0.4) is 0 Å². The van der Waals surface area contributed by atoms with Crippen LogP contribution in [-0.2, 0) is 95.6 Å². The summed E-state index contributed by atoms with van der Waals surface area (Å²) in [5.74, 6) is -16.5. The van der Waals surface area contributed by atoms with Crippen molar-refractivity contribution >= 4 is 112 Å². The Morgan fingerprint density at radius 3 is 1.24 bits per heavy atom. The van der Waals surface area contributed by atoms with Gasteiger partial charge in [-0.05, 0) is 210 Å². The third-order valence-corrected chi connectivity index (χ3v) is 34.0. The second-order valence-electron chi connectivity index (χ2n) is 46.6. The number of aliphatic hydroxyl groups excluding tert-OH is 1. The fourth-order valence-electron chi connectivity index (χ4n) is 15.1. The van der Waals surface area contributed by atoms with Gasteiger partial charge in [-0.2, -0.15) is 0 Å². The summed E-state index contributed by atoms with van der Waals surface area (Å²) in [6.07, 6.45) is -10.6. The minimum atomic E-state index is -3.21. The zero-order chi connectivity index (χ0) is 113. The molecule has 13 amide bonds. The molecule has 41 heteroatoms. The predicted molar refractivity (Wildman–Crippen MR) is 574 cm³/mol. The van der Waals surface area contributed by atoms with Gasteiger partial charge in [-0.15, -0.1) is 4.99 Å². The second-order valence-corrected chi connectivity index (χ2v) is 56.1. The second kappa shape index (κ2) is 56.9. The van der Waals surface area contributed by atoms with Crippen LogP contribution in [0.5, 0.6) is 0 Å². The van der Waals surface area contributed by atoms with Gasteiger partial charge >= 0.3 is 30.2 Å². The van der Waals surface area contributed by atoms with E-state index in [0.717, 1.165) is 0 Å². The molecule has 17 N–H and O–H groups in total. The fourth-order valence-corrected chi connectivity index (χ4v) is 17.9. The highest BCUT2D eigenvalue weighted by atomic mass is 28.4. The van der Waals surface area contributed by atoms with E-state index in [1.807, 2.05) is 67.7 Å². The molecule has 0 unspecified atom stereocenters. The lowest BCUT2D eigenvalue weighted by atomic mass is 9.76. The van der Waals surface area contributed by atoms with E-state index in [1.165, 1.54) is 24.3 Å². The van der Waals surface area contributed by atoms with E-state index >= 15 is 43.2 Å². The molecule has 0 aliphatic heterocycles. The molecule has 0 aliphatic rings. The van der Waals surface area contributed by atoms with Crippen molar-refractivity contribution in [1.82, 2.24) is 69.1 Å². The SMILES string of the molecule is CC[C@H](C)[C@H](NC(=O)[C@@H](CCCN/C(=N\C(=O)OC(C)(C)C)NC(=O)OC(C)(C)C)NC(=O)[C@H](CC(C)C)NC(=O)[C@@H](NC(=O)[C@@H](NC(=O)[C@H](CC(C)C)NC(=O)[C@@H](CC(C)C)NC(=O)OC(C)(C)C)[C@H](OC(=O)[C@H](COC(C)(C)C)NC(=O)[C@@H](N)[C@H](O)C(=O)NC(c1ccccc1)(c1ccccc1)c1ccccc1)c1ccccc1)[C@H](O[Si](C)(C)C(C)(C)C)C(C)C)C(=O)N[C@H](C(=O)NCC(=O)O)[C@H](C)O[Si](C)(C)C(C)(C)C. The van der Waals surface area contributed by atoms with E-state index in [1.54, 1.807) is 256 Å². The lowest BCUT2D eigenvalue weighted by molar-refractivity contribution is -0.161. The van der Waals surface area contributed by atoms with Gasteiger partial charge in [-0.1, -0.05) is 239 Å². The Kier molecular flexibility index (Phi) is 49.5. The number of carbonyl (C=O) groups is 15. The molecule has 39 nitrogen and oxygen atoms in total. The first-order valence-electron chi connectivity index (χ1n) is 51.3. The number of hydrogen-bond acceptors (Lipinski definition) is 24. The van der Waals surface area contributed by atoms with Crippen LogP contribution in [0.25, 0.3) is 0 Å². The number of carbonyl (C=O) groups excluding carboxylic acids is 14. The summed E-state index contributed by atoms with van der Waals surface area (Å²) in [6, 6.07) is 16.5. The van der Waals surface area contributed by atoms with Gasteiger partial charge in [-0.25, -0.2) is 19.2 Å². The zero-order valence-corrected chi connectivity index (χ0v) is 95.8. The van der Waals surface area contributed by atoms with Crippen molar-refractivity contribution in [2.75, 3.05) is 19.7 Å². The van der Waals surface area contributed by atoms with Crippen LogP contribution in [-0.4, -0.2) is 243 Å². The number of ether oxygens (including phenoxy) is 5. The molecule has 0 spiro atoms. The van der Waals surface area contributed by atoms with Crippen LogP contribution in [0.15, 0.2) is 126 Å². The van der Waals surface area contributed by atoms with Gasteiger partial charge in [0, 0.05) is 6.54 Å². The number of benzene rings is 4. The van der Waals surface area contributed by atoms with Gasteiger partial charge in [0.1, 0.15) is 83.3 Å². The van der Waals surface area contributed by atoms with E-state index in [9.17, 15) is 39.0 Å². The predicted octanol–water partition coefficient (Wildman–Crippen LogP) is 11.7. The number of aliphatic imine (C=N–C) groups is 1. The van der Waals surface area contributed by atoms with Crippen LogP contribution < -0.4 is 74.9 Å². The van der Waals surface area contributed by atoms with Gasteiger partial charge in [0.2, 0.25) is 59.1 Å². The third-order valence-electron chi connectivity index (χ3n) is 24.9. The molecule has 0 fully saturated rings. The molecule has 0 bridgehead atoms. The average Bonchev–Trinajstić information content (AvgIpc) is 0.748. The fraction of sp³-hybridized carbons (Fsp3) is 0.630. The van der Waals surface area contributed by atoms with Crippen molar-refractivity contribution in [3.8, 4) is 0 Å². The van der Waals surface area contributed by atoms with Gasteiger partial charge in [0.15, 0.2) is 34.9 Å². The van der Waals surface area contributed by atoms with Crippen LogP contribution >= 0.6 is 0 Å². The number of hydrogen-bond donors (Lipinski definition) is 16. The maximum absolute atomic E-state index is 17.0. The normalized spacial score (nSPS) is 15.6. The number of aliphatic hydroxyl groups is 1. The number of rotatable bonds is 51. The number of carboxylic acids is 1. The van der Waals surface area contributed by atoms with E-state index in [-0.39, 0.29) is 56.6 Å². The molecule has 832 valence electrons. The van der Waals surface area contributed by atoms with Gasteiger partial charge < -0.3 is 112 Å². The number of nitrogens with one attached hydrogen (secondary N) is 13. The highest BCUT2D eigenvalue weighted by Crippen LogP contribution is 2.41. The first-order chi connectivity index (χ1) is 68.6. The number of guanidine groups is 1. The van der Waals surface area contributed by atoms with Crippen molar-refractivity contribution in [2.24, 2.45) is 40.3 Å². The van der Waals surface area contributed by atoms with Crippen molar-refractivity contribution in [2.45, 2.75) is 388 Å². The summed E-state index contributed by atoms with van der Waals surface area (Å²) in [7, 11) is -5.97. The molecule has 0 radical (unpaired) electrons. The van der Waals surface area contributed by atoms with Crippen LogP contribution in [0.2, 0.25) is 36.3 Å². The third kappa shape index (κ3) is 43.3. The Morgan fingerprint density at radius 2 is 0.805 bits per heavy atom. The summed E-state index contributed by atoms with van der Waals surface area (Å²) in [5.41, 5.74) is 2.59. The van der Waals surface area contributed by atoms with Crippen molar-refractivity contribution < 1.29 is 115 Å². The molecule has 4 aromatic rings. The van der Waals surface area contributed by atoms with E-state index in [0.29, 0.717) is 16.7 Å². The van der Waals surface area contributed by atoms with Crippen molar-refractivity contribution in [3.63, 3.8) is 0 Å². The molecular formula is C108H173N15O24Si2. The number of amides is 13. The molecular weight excluding hydrogens is 1950 g/mol. The Labute approximate surface area is 882 Å². The zero-order valence-electron chi connectivity index (χ0n) is 93.8. The van der Waals surface area contributed by atoms with Gasteiger partial charge in [0.05, 0.1) is 24.4 Å². The van der Waals surface area contributed by atoms with Crippen LogP contribution in [0.1, 0.15) is 268 Å². The largest absolute Gasteiger partial charge is 0.480 e. The summed E-state index contributed by atoms with van der Waals surface area (Å²) in [5, 5.41) is 56.4. The van der Waals surface area contributed by atoms with Gasteiger partial charge in [-0.3, -0.25) is 58.1 Å². The minimum absolute atomic E-state index is 0.0237. The highest BCUT2D eigenvalue weighted by Gasteiger charge is 2.50. The lowest BCUT2D eigenvalue weighted by Gasteiger charge is -2.43. The number of alkyl carbamates (subject to hydrolysis) is 2. The monoisotopic (exact) mass is 2120 g/mol. The van der Waals surface area contributed by atoms with Gasteiger partial charge in [0.25, 0.3) is 5.91 Å². The number of esters is 1. The summed E-state index contributed by atoms with van der Waals surface area (Å²) >= 11 is 0. The van der Waals surface area contributed by atoms with E-state index in [4.69, 9.17) is 38.3 Å². The molecule has 0 aliphatic carbocycles. The molecule has 0 heterocycles. The summed E-state index contributed by atoms with van der Waals surface area (Å²) in [6.45, 7) is 55.8. The molecule has 149 heavy (non-hydrogen) atoms. The quantitative estimate of drug-likeness (QED) is 0.00371. The molecule has 0 saturated heterocycles. The van der Waals surface area contributed by atoms with Crippen LogP contribution in [0, 0.1) is 29.6 Å². The average molecular weight is 2120 g/mol. The number of nitrogens with zero attached hydrogens (tertiary/aromatic N) is 1. The summed E-state index contributed by atoms with van der Waals surface area (Å²) in [4.78, 5) is 228. The van der Waals surface area contributed by atoms with E-state index < -0.39 is 272 Å². The molecule has 0 aromatic heterocycles. The molecule has 0 saturated carbocycles. The number of nitrogens with two attached hydrogens (primary N) is 1. The first-order valence-corrected chi connectivity index (χ1v) is 57.1. The lowest BCUT2D eigenvalue weighted by Crippen LogP contribution is -2.65. The highest BCUT2D eigenvalue weighted by molar-refractivity contribution is 6.74. The van der Waals surface area contributed by atoms with Crippen molar-refractivity contribution in [1.29, 1.82) is 0 Å². The topological polar surface area (TPSA) is 556 Å². The Bertz CT molecular complexity index is 5010. The number of carboxylic acid groups (broad SMARTS) is 1. The number of aliphatic carboxylic acids is 1. The smallest absolute Gasteiger partial charge is 0.437 e. The molecule has 4 aromatic carbocycles.